The van der Waals surface area contributed by atoms with Crippen molar-refractivity contribution in [3.63, 3.8) is 0 Å². The van der Waals surface area contributed by atoms with E-state index in [-0.39, 0.29) is 17.7 Å². The number of aromatic nitrogens is 2. The van der Waals surface area contributed by atoms with E-state index in [1.165, 1.54) is 0 Å². The number of phenols is 1. The van der Waals surface area contributed by atoms with Crippen LogP contribution in [0.4, 0.5) is 0 Å². The third-order valence-electron chi connectivity index (χ3n) is 5.75. The third-order valence-corrected chi connectivity index (χ3v) is 5.75. The fraction of sp³-hybridized carbons (Fsp3) is 0.333. The van der Waals surface area contributed by atoms with Crippen molar-refractivity contribution in [1.82, 2.24) is 15.1 Å². The van der Waals surface area contributed by atoms with Crippen molar-refractivity contribution < 1.29 is 14.6 Å². The second kappa shape index (κ2) is 7.86. The molecule has 0 fully saturated rings. The second-order valence-corrected chi connectivity index (χ2v) is 7.87. The van der Waals surface area contributed by atoms with Crippen LogP contribution in [0.5, 0.6) is 11.5 Å². The number of hydrogen-bond donors (Lipinski definition) is 2. The Labute approximate surface area is 176 Å². The molecule has 6 nitrogen and oxygen atoms in total. The summed E-state index contributed by atoms with van der Waals surface area (Å²) in [6.45, 7) is 6.64. The first-order valence-electron chi connectivity index (χ1n) is 10.3. The number of aromatic hydroxyl groups is 1. The molecule has 1 aromatic heterocycles. The predicted octanol–water partition coefficient (Wildman–Crippen LogP) is 4.75. The molecule has 2 aromatic carbocycles. The molecular weight excluding hydrogens is 378 g/mol. The van der Waals surface area contributed by atoms with Gasteiger partial charge in [-0.1, -0.05) is 31.5 Å². The summed E-state index contributed by atoms with van der Waals surface area (Å²) in [5, 5.41) is 18.2. The van der Waals surface area contributed by atoms with E-state index in [2.05, 4.69) is 17.1 Å². The maximum Gasteiger partial charge on any atom is 0.273 e. The Bertz CT molecular complexity index is 1090. The number of hydrogen-bond acceptors (Lipinski definition) is 4. The normalized spacial score (nSPS) is 15.5. The number of nitrogens with one attached hydrogen (secondary N) is 1. The van der Waals surface area contributed by atoms with Gasteiger partial charge in [0.25, 0.3) is 5.91 Å². The van der Waals surface area contributed by atoms with Gasteiger partial charge in [0.05, 0.1) is 13.2 Å². The number of aromatic amines is 1. The third kappa shape index (κ3) is 3.22. The minimum atomic E-state index is -0.265. The summed E-state index contributed by atoms with van der Waals surface area (Å²) in [5.41, 5.74) is 5.41. The van der Waals surface area contributed by atoms with Crippen molar-refractivity contribution >= 4 is 5.91 Å². The fourth-order valence-electron chi connectivity index (χ4n) is 4.23. The Morgan fingerprint density at radius 2 is 1.93 bits per heavy atom. The summed E-state index contributed by atoms with van der Waals surface area (Å²) >= 11 is 0. The van der Waals surface area contributed by atoms with E-state index in [4.69, 9.17) is 4.74 Å². The summed E-state index contributed by atoms with van der Waals surface area (Å²) in [7, 11) is 1.64. The standard InChI is InChI=1S/C24H27N3O3/c1-5-6-11-27-22(16-7-9-17(30-4)10-8-16)19-20(25-26-21(19)24(27)29)18-13-14(2)12-15(3)23(18)28/h7-10,12-13,22,28H,5-6,11H2,1-4H3,(H,25,26). The lowest BCUT2D eigenvalue weighted by Gasteiger charge is -2.26. The van der Waals surface area contributed by atoms with Gasteiger partial charge in [0.15, 0.2) is 0 Å². The predicted molar refractivity (Wildman–Crippen MR) is 116 cm³/mol. The zero-order chi connectivity index (χ0) is 21.4. The summed E-state index contributed by atoms with van der Waals surface area (Å²) in [4.78, 5) is 15.1. The van der Waals surface area contributed by atoms with Crippen molar-refractivity contribution in [2.75, 3.05) is 13.7 Å². The number of rotatable bonds is 6. The number of unbranched alkanes of at least 4 members (excludes halogenated alkanes) is 1. The van der Waals surface area contributed by atoms with Crippen molar-refractivity contribution in [3.8, 4) is 22.8 Å². The average molecular weight is 405 g/mol. The smallest absolute Gasteiger partial charge is 0.273 e. The van der Waals surface area contributed by atoms with Gasteiger partial charge in [0, 0.05) is 17.7 Å². The van der Waals surface area contributed by atoms with E-state index in [1.807, 2.05) is 55.1 Å². The molecule has 0 radical (unpaired) electrons. The average Bonchev–Trinajstić information content (AvgIpc) is 3.28. The lowest BCUT2D eigenvalue weighted by molar-refractivity contribution is 0.0741. The Morgan fingerprint density at radius 1 is 1.20 bits per heavy atom. The molecule has 1 unspecified atom stereocenters. The molecule has 0 aliphatic carbocycles. The summed E-state index contributed by atoms with van der Waals surface area (Å²) < 4.78 is 5.30. The Morgan fingerprint density at radius 3 is 2.60 bits per heavy atom. The number of methoxy groups -OCH3 is 1. The van der Waals surface area contributed by atoms with Gasteiger partial charge >= 0.3 is 0 Å². The van der Waals surface area contributed by atoms with E-state index in [0.717, 1.165) is 40.8 Å². The highest BCUT2D eigenvalue weighted by Crippen LogP contribution is 2.45. The van der Waals surface area contributed by atoms with Crippen LogP contribution in [-0.4, -0.2) is 39.8 Å². The summed E-state index contributed by atoms with van der Waals surface area (Å²) in [6.07, 6.45) is 1.91. The molecule has 30 heavy (non-hydrogen) atoms. The Kier molecular flexibility index (Phi) is 5.24. The summed E-state index contributed by atoms with van der Waals surface area (Å²) in [5.74, 6) is 0.910. The minimum Gasteiger partial charge on any atom is -0.507 e. The van der Waals surface area contributed by atoms with Gasteiger partial charge < -0.3 is 14.7 Å². The molecule has 2 heterocycles. The zero-order valence-electron chi connectivity index (χ0n) is 17.8. The van der Waals surface area contributed by atoms with Crippen LogP contribution >= 0.6 is 0 Å². The van der Waals surface area contributed by atoms with Crippen LogP contribution in [-0.2, 0) is 0 Å². The highest BCUT2D eigenvalue weighted by molar-refractivity contribution is 6.00. The number of benzene rings is 2. The van der Waals surface area contributed by atoms with Gasteiger partial charge in [-0.3, -0.25) is 9.89 Å². The number of ether oxygens (including phenoxy) is 1. The van der Waals surface area contributed by atoms with Crippen LogP contribution in [0.3, 0.4) is 0 Å². The van der Waals surface area contributed by atoms with E-state index < -0.39 is 0 Å². The van der Waals surface area contributed by atoms with Gasteiger partial charge in [-0.05, 0) is 55.2 Å². The zero-order valence-corrected chi connectivity index (χ0v) is 17.8. The first-order chi connectivity index (χ1) is 14.5. The van der Waals surface area contributed by atoms with Crippen molar-refractivity contribution in [2.45, 2.75) is 39.7 Å². The van der Waals surface area contributed by atoms with E-state index >= 15 is 0 Å². The molecule has 1 amide bonds. The van der Waals surface area contributed by atoms with Gasteiger partial charge in [0.2, 0.25) is 0 Å². The molecule has 0 saturated carbocycles. The maximum atomic E-state index is 13.2. The Balaban J connectivity index is 1.89. The maximum absolute atomic E-state index is 13.2. The van der Waals surface area contributed by atoms with Gasteiger partial charge in [-0.2, -0.15) is 5.10 Å². The molecule has 0 bridgehead atoms. The molecule has 156 valence electrons. The topological polar surface area (TPSA) is 78.5 Å². The first kappa shape index (κ1) is 20.0. The number of nitrogens with zero attached hydrogens (tertiary/aromatic N) is 2. The molecular formula is C24H27N3O3. The molecule has 0 saturated heterocycles. The number of H-pyrrole nitrogens is 1. The van der Waals surface area contributed by atoms with Crippen molar-refractivity contribution in [1.29, 1.82) is 0 Å². The number of fused-ring (bicyclic) bond motifs is 1. The van der Waals surface area contributed by atoms with E-state index in [0.29, 0.717) is 23.5 Å². The van der Waals surface area contributed by atoms with Crippen LogP contribution in [0.15, 0.2) is 36.4 Å². The summed E-state index contributed by atoms with van der Waals surface area (Å²) in [6, 6.07) is 11.4. The van der Waals surface area contributed by atoms with Crippen LogP contribution in [0.25, 0.3) is 11.3 Å². The molecule has 1 atom stereocenters. The quantitative estimate of drug-likeness (QED) is 0.620. The number of aryl methyl sites for hydroxylation is 2. The van der Waals surface area contributed by atoms with Crippen molar-refractivity contribution in [2.24, 2.45) is 0 Å². The molecule has 1 aliphatic heterocycles. The highest BCUT2D eigenvalue weighted by atomic mass is 16.5. The largest absolute Gasteiger partial charge is 0.507 e. The monoisotopic (exact) mass is 405 g/mol. The van der Waals surface area contributed by atoms with Gasteiger partial charge in [-0.25, -0.2) is 0 Å². The highest BCUT2D eigenvalue weighted by Gasteiger charge is 2.42. The van der Waals surface area contributed by atoms with Crippen LogP contribution in [0.2, 0.25) is 0 Å². The van der Waals surface area contributed by atoms with Crippen LogP contribution < -0.4 is 4.74 Å². The molecule has 2 N–H and O–H groups in total. The number of carbonyl (C=O) groups excluding carboxylic acids is 1. The van der Waals surface area contributed by atoms with Gasteiger partial charge in [-0.15, -0.1) is 0 Å². The number of phenolic OH excluding ortho intramolecular Hbond substituents is 1. The first-order valence-corrected chi connectivity index (χ1v) is 10.3. The van der Waals surface area contributed by atoms with Gasteiger partial charge in [0.1, 0.15) is 22.9 Å². The molecule has 0 spiro atoms. The lowest BCUT2D eigenvalue weighted by Crippen LogP contribution is -2.30. The van der Waals surface area contributed by atoms with Crippen LogP contribution in [0, 0.1) is 13.8 Å². The number of amides is 1. The molecule has 3 aromatic rings. The SMILES string of the molecule is CCCCN1C(=O)c2[nH]nc(-c3cc(C)cc(C)c3O)c2C1c1ccc(OC)cc1. The van der Waals surface area contributed by atoms with Crippen LogP contribution in [0.1, 0.15) is 58.5 Å². The minimum absolute atomic E-state index is 0.0538. The van der Waals surface area contributed by atoms with Crippen molar-refractivity contribution in [3.05, 3.63) is 64.3 Å². The second-order valence-electron chi connectivity index (χ2n) is 7.87. The molecule has 4 rings (SSSR count). The fourth-order valence-corrected chi connectivity index (χ4v) is 4.23. The van der Waals surface area contributed by atoms with E-state index in [1.54, 1.807) is 7.11 Å². The molecule has 1 aliphatic rings. The molecule has 6 heteroatoms. The van der Waals surface area contributed by atoms with E-state index in [9.17, 15) is 9.90 Å². The Hall–Kier alpha value is -3.28. The number of carbonyl (C=O) groups is 1. The lowest BCUT2D eigenvalue weighted by atomic mass is 9.94.